The van der Waals surface area contributed by atoms with Crippen molar-refractivity contribution in [3.05, 3.63) is 66.2 Å². The van der Waals surface area contributed by atoms with Crippen LogP contribution in [0.4, 0.5) is 0 Å². The Morgan fingerprint density at radius 2 is 2.03 bits per heavy atom. The Morgan fingerprint density at radius 3 is 2.81 bits per heavy atom. The van der Waals surface area contributed by atoms with Crippen LogP contribution in [0.25, 0.3) is 22.3 Å². The number of rotatable bonds is 6. The predicted octanol–water partition coefficient (Wildman–Crippen LogP) is 4.56. The summed E-state index contributed by atoms with van der Waals surface area (Å²) in [6.07, 6.45) is 3.14. The molecule has 1 saturated heterocycles. The van der Waals surface area contributed by atoms with Gasteiger partial charge < -0.3 is 19.1 Å². The smallest absolute Gasteiger partial charge is 0.229 e. The normalized spacial score (nSPS) is 16.2. The van der Waals surface area contributed by atoms with Crippen molar-refractivity contribution >= 4 is 16.8 Å². The van der Waals surface area contributed by atoms with Gasteiger partial charge in [-0.15, -0.1) is 0 Å². The van der Waals surface area contributed by atoms with Crippen molar-refractivity contribution in [2.75, 3.05) is 13.1 Å². The first kappa shape index (κ1) is 20.3. The Morgan fingerprint density at radius 1 is 1.22 bits per heavy atom. The SMILES string of the molecule is CC(C)c1nc(-c2ccc(OC3CCN(C(=O)Cc4c[nH]c5ccccc45)C3)cc2)no1. The summed E-state index contributed by atoms with van der Waals surface area (Å²) in [5, 5.41) is 5.15. The lowest BCUT2D eigenvalue weighted by Gasteiger charge is -2.17. The van der Waals surface area contributed by atoms with Crippen molar-refractivity contribution < 1.29 is 14.1 Å². The molecule has 164 valence electrons. The van der Waals surface area contributed by atoms with Gasteiger partial charge in [0.25, 0.3) is 0 Å². The highest BCUT2D eigenvalue weighted by Gasteiger charge is 2.28. The maximum atomic E-state index is 12.8. The number of nitrogens with one attached hydrogen (secondary N) is 1. The van der Waals surface area contributed by atoms with E-state index >= 15 is 0 Å². The zero-order valence-corrected chi connectivity index (χ0v) is 18.2. The van der Waals surface area contributed by atoms with Crippen LogP contribution >= 0.6 is 0 Å². The summed E-state index contributed by atoms with van der Waals surface area (Å²) in [5.41, 5.74) is 2.98. The number of hydrogen-bond acceptors (Lipinski definition) is 5. The second-order valence-electron chi connectivity index (χ2n) is 8.54. The lowest BCUT2D eigenvalue weighted by Crippen LogP contribution is -2.32. The van der Waals surface area contributed by atoms with Gasteiger partial charge in [-0.25, -0.2) is 0 Å². The van der Waals surface area contributed by atoms with E-state index in [0.29, 0.717) is 31.2 Å². The number of amides is 1. The molecule has 32 heavy (non-hydrogen) atoms. The molecule has 0 bridgehead atoms. The highest BCUT2D eigenvalue weighted by Crippen LogP contribution is 2.25. The fourth-order valence-corrected chi connectivity index (χ4v) is 4.07. The summed E-state index contributed by atoms with van der Waals surface area (Å²) < 4.78 is 11.4. The number of hydrogen-bond donors (Lipinski definition) is 1. The molecule has 1 atom stereocenters. The lowest BCUT2D eigenvalue weighted by atomic mass is 10.1. The first-order valence-electron chi connectivity index (χ1n) is 11.0. The first-order chi connectivity index (χ1) is 15.6. The number of likely N-dealkylation sites (tertiary alicyclic amines) is 1. The summed E-state index contributed by atoms with van der Waals surface area (Å²) in [6, 6.07) is 15.7. The van der Waals surface area contributed by atoms with E-state index in [1.54, 1.807) is 0 Å². The Labute approximate surface area is 186 Å². The standard InChI is InChI=1S/C25H26N4O3/c1-16(2)25-27-24(28-32-25)17-7-9-19(10-8-17)31-20-11-12-29(15-20)23(30)13-18-14-26-22-6-4-3-5-21(18)22/h3-10,14,16,20,26H,11-13,15H2,1-2H3. The van der Waals surface area contributed by atoms with Gasteiger partial charge in [-0.1, -0.05) is 37.2 Å². The number of aromatic amines is 1. The highest BCUT2D eigenvalue weighted by atomic mass is 16.5. The molecule has 2 aromatic heterocycles. The van der Waals surface area contributed by atoms with Gasteiger partial charge in [-0.05, 0) is 35.9 Å². The zero-order valence-electron chi connectivity index (χ0n) is 18.2. The fraction of sp³-hybridized carbons (Fsp3) is 0.320. The third kappa shape index (κ3) is 4.10. The van der Waals surface area contributed by atoms with E-state index in [9.17, 15) is 4.79 Å². The van der Waals surface area contributed by atoms with E-state index in [1.807, 2.05) is 73.5 Å². The van der Waals surface area contributed by atoms with Crippen LogP contribution in [-0.4, -0.2) is 45.1 Å². The number of ether oxygens (including phenoxy) is 1. The second-order valence-corrected chi connectivity index (χ2v) is 8.54. The van der Waals surface area contributed by atoms with Gasteiger partial charge >= 0.3 is 0 Å². The molecule has 0 saturated carbocycles. The molecular weight excluding hydrogens is 404 g/mol. The summed E-state index contributed by atoms with van der Waals surface area (Å²) in [5.74, 6) is 2.31. The molecular formula is C25H26N4O3. The Balaban J connectivity index is 1.18. The summed E-state index contributed by atoms with van der Waals surface area (Å²) in [6.45, 7) is 5.35. The van der Waals surface area contributed by atoms with Crippen LogP contribution in [0.3, 0.4) is 0 Å². The molecule has 1 N–H and O–H groups in total. The number of para-hydroxylation sites is 1. The van der Waals surface area contributed by atoms with Crippen molar-refractivity contribution in [2.45, 2.75) is 38.7 Å². The van der Waals surface area contributed by atoms with Crippen molar-refractivity contribution in [3.63, 3.8) is 0 Å². The van der Waals surface area contributed by atoms with Crippen molar-refractivity contribution in [1.29, 1.82) is 0 Å². The van der Waals surface area contributed by atoms with Crippen LogP contribution in [0.2, 0.25) is 0 Å². The predicted molar refractivity (Wildman–Crippen MR) is 121 cm³/mol. The highest BCUT2D eigenvalue weighted by molar-refractivity contribution is 5.89. The Hall–Kier alpha value is -3.61. The molecule has 1 aliphatic heterocycles. The minimum absolute atomic E-state index is 0.00881. The molecule has 1 aliphatic rings. The summed E-state index contributed by atoms with van der Waals surface area (Å²) in [4.78, 5) is 22.4. The zero-order chi connectivity index (χ0) is 22.1. The molecule has 1 fully saturated rings. The number of H-pyrrole nitrogens is 1. The molecule has 1 unspecified atom stereocenters. The van der Waals surface area contributed by atoms with Gasteiger partial charge in [0.2, 0.25) is 17.6 Å². The topological polar surface area (TPSA) is 84.2 Å². The van der Waals surface area contributed by atoms with Gasteiger partial charge in [-0.2, -0.15) is 4.98 Å². The molecule has 5 rings (SSSR count). The van der Waals surface area contributed by atoms with Crippen LogP contribution in [0.15, 0.2) is 59.3 Å². The van der Waals surface area contributed by atoms with Gasteiger partial charge in [0.15, 0.2) is 0 Å². The molecule has 0 radical (unpaired) electrons. The fourth-order valence-electron chi connectivity index (χ4n) is 4.07. The number of aromatic nitrogens is 3. The van der Waals surface area contributed by atoms with Crippen LogP contribution in [0.1, 0.15) is 37.6 Å². The number of benzene rings is 2. The maximum Gasteiger partial charge on any atom is 0.229 e. The average molecular weight is 431 g/mol. The van der Waals surface area contributed by atoms with E-state index in [1.165, 1.54) is 0 Å². The number of fused-ring (bicyclic) bond motifs is 1. The molecule has 1 amide bonds. The van der Waals surface area contributed by atoms with E-state index in [2.05, 4.69) is 15.1 Å². The number of carbonyl (C=O) groups excluding carboxylic acids is 1. The molecule has 7 heteroatoms. The first-order valence-corrected chi connectivity index (χ1v) is 11.0. The van der Waals surface area contributed by atoms with Crippen molar-refractivity contribution in [3.8, 4) is 17.1 Å². The maximum absolute atomic E-state index is 12.8. The van der Waals surface area contributed by atoms with E-state index in [-0.39, 0.29) is 17.9 Å². The Bertz CT molecular complexity index is 1230. The molecule has 2 aromatic carbocycles. The van der Waals surface area contributed by atoms with Gasteiger partial charge in [0.05, 0.1) is 13.0 Å². The van der Waals surface area contributed by atoms with E-state index < -0.39 is 0 Å². The molecule has 7 nitrogen and oxygen atoms in total. The minimum Gasteiger partial charge on any atom is -0.489 e. The van der Waals surface area contributed by atoms with Crippen LogP contribution < -0.4 is 4.74 Å². The Kier molecular flexibility index (Phi) is 5.39. The second kappa shape index (κ2) is 8.49. The number of carbonyl (C=O) groups is 1. The molecule has 3 heterocycles. The van der Waals surface area contributed by atoms with E-state index in [0.717, 1.165) is 34.2 Å². The summed E-state index contributed by atoms with van der Waals surface area (Å²) >= 11 is 0. The van der Waals surface area contributed by atoms with Crippen LogP contribution in [0.5, 0.6) is 5.75 Å². The third-order valence-electron chi connectivity index (χ3n) is 5.87. The van der Waals surface area contributed by atoms with Crippen LogP contribution in [0, 0.1) is 0 Å². The lowest BCUT2D eigenvalue weighted by molar-refractivity contribution is -0.129. The van der Waals surface area contributed by atoms with Crippen molar-refractivity contribution in [1.82, 2.24) is 20.0 Å². The quantitative estimate of drug-likeness (QED) is 0.485. The van der Waals surface area contributed by atoms with Gasteiger partial charge in [0.1, 0.15) is 11.9 Å². The van der Waals surface area contributed by atoms with Crippen LogP contribution in [-0.2, 0) is 11.2 Å². The van der Waals surface area contributed by atoms with E-state index in [4.69, 9.17) is 9.26 Å². The van der Waals surface area contributed by atoms with Gasteiger partial charge in [-0.3, -0.25) is 4.79 Å². The summed E-state index contributed by atoms with van der Waals surface area (Å²) in [7, 11) is 0. The monoisotopic (exact) mass is 430 g/mol. The number of nitrogens with zero attached hydrogens (tertiary/aromatic N) is 3. The van der Waals surface area contributed by atoms with Crippen molar-refractivity contribution in [2.24, 2.45) is 0 Å². The third-order valence-corrected chi connectivity index (χ3v) is 5.87. The molecule has 4 aromatic rings. The largest absolute Gasteiger partial charge is 0.489 e. The van der Waals surface area contributed by atoms with Gasteiger partial charge in [0, 0.05) is 41.5 Å². The average Bonchev–Trinajstić information content (AvgIpc) is 3.55. The molecule has 0 aliphatic carbocycles. The minimum atomic E-state index is -0.00881. The molecule has 0 spiro atoms.